The third kappa shape index (κ3) is 5.71. The average Bonchev–Trinajstić information content (AvgIpc) is 3.02. The van der Waals surface area contributed by atoms with Crippen LogP contribution >= 0.6 is 11.6 Å². The van der Waals surface area contributed by atoms with E-state index in [9.17, 15) is 9.59 Å². The lowest BCUT2D eigenvalue weighted by molar-refractivity contribution is -0.137. The highest BCUT2D eigenvalue weighted by molar-refractivity contribution is 6.30. The van der Waals surface area contributed by atoms with Gasteiger partial charge in [-0.2, -0.15) is 0 Å². The van der Waals surface area contributed by atoms with Crippen LogP contribution in [0.15, 0.2) is 24.3 Å². The van der Waals surface area contributed by atoms with E-state index in [4.69, 9.17) is 11.6 Å². The number of carbonyl (C=O) groups excluding carboxylic acids is 2. The van der Waals surface area contributed by atoms with Gasteiger partial charge in [-0.3, -0.25) is 14.5 Å². The first-order chi connectivity index (χ1) is 13.5. The molecular formula is C22H32ClN3O2. The predicted molar refractivity (Wildman–Crippen MR) is 112 cm³/mol. The van der Waals surface area contributed by atoms with Gasteiger partial charge in [0.15, 0.2) is 0 Å². The van der Waals surface area contributed by atoms with Crippen LogP contribution in [0.2, 0.25) is 5.02 Å². The maximum Gasteiger partial charge on any atom is 0.237 e. The molecule has 2 heterocycles. The van der Waals surface area contributed by atoms with E-state index in [1.54, 1.807) is 0 Å². The highest BCUT2D eigenvalue weighted by Crippen LogP contribution is 2.23. The standard InChI is InChI=1S/C22H32ClN3O2/c1-17(21(27)24-16-18-6-8-20(23)9-7-18)25-14-10-19(11-15-25)22(28)26-12-4-2-3-5-13-26/h6-9,17,19H,2-5,10-16H2,1H3,(H,24,27). The van der Waals surface area contributed by atoms with Gasteiger partial charge in [-0.25, -0.2) is 0 Å². The average molecular weight is 406 g/mol. The maximum absolute atomic E-state index is 12.8. The van der Waals surface area contributed by atoms with Crippen LogP contribution in [0.4, 0.5) is 0 Å². The minimum atomic E-state index is -0.179. The number of hydrogen-bond donors (Lipinski definition) is 1. The number of nitrogens with zero attached hydrogens (tertiary/aromatic N) is 2. The normalized spacial score (nSPS) is 20.4. The number of likely N-dealkylation sites (tertiary alicyclic amines) is 2. The van der Waals surface area contributed by atoms with Gasteiger partial charge in [0.2, 0.25) is 11.8 Å². The molecule has 154 valence electrons. The van der Waals surface area contributed by atoms with Gasteiger partial charge < -0.3 is 10.2 Å². The minimum Gasteiger partial charge on any atom is -0.351 e. The van der Waals surface area contributed by atoms with Crippen molar-refractivity contribution in [3.63, 3.8) is 0 Å². The zero-order valence-corrected chi connectivity index (χ0v) is 17.6. The molecule has 2 aliphatic rings. The van der Waals surface area contributed by atoms with Crippen LogP contribution in [0, 0.1) is 5.92 Å². The lowest BCUT2D eigenvalue weighted by Crippen LogP contribution is -2.50. The lowest BCUT2D eigenvalue weighted by Gasteiger charge is -2.36. The second-order valence-electron chi connectivity index (χ2n) is 8.07. The molecule has 2 fully saturated rings. The van der Waals surface area contributed by atoms with Gasteiger partial charge >= 0.3 is 0 Å². The van der Waals surface area contributed by atoms with Gasteiger partial charge in [0.25, 0.3) is 0 Å². The molecule has 0 spiro atoms. The number of hydrogen-bond acceptors (Lipinski definition) is 3. The Morgan fingerprint density at radius 3 is 2.25 bits per heavy atom. The zero-order chi connectivity index (χ0) is 19.9. The Labute approximate surface area is 173 Å². The van der Waals surface area contributed by atoms with E-state index in [0.29, 0.717) is 17.5 Å². The monoisotopic (exact) mass is 405 g/mol. The van der Waals surface area contributed by atoms with Crippen LogP contribution in [0.3, 0.4) is 0 Å². The van der Waals surface area contributed by atoms with Crippen molar-refractivity contribution in [3.8, 4) is 0 Å². The van der Waals surface area contributed by atoms with Crippen LogP contribution in [0.1, 0.15) is 51.0 Å². The molecule has 2 saturated heterocycles. The lowest BCUT2D eigenvalue weighted by atomic mass is 9.94. The fraction of sp³-hybridized carbons (Fsp3) is 0.636. The van der Waals surface area contributed by atoms with E-state index in [1.165, 1.54) is 12.8 Å². The summed E-state index contributed by atoms with van der Waals surface area (Å²) >= 11 is 5.90. The quantitative estimate of drug-likeness (QED) is 0.816. The zero-order valence-electron chi connectivity index (χ0n) is 16.8. The van der Waals surface area contributed by atoms with Crippen molar-refractivity contribution in [3.05, 3.63) is 34.9 Å². The molecule has 5 nitrogen and oxygen atoms in total. The molecule has 1 aromatic rings. The van der Waals surface area contributed by atoms with Gasteiger partial charge in [0.1, 0.15) is 0 Å². The molecule has 6 heteroatoms. The van der Waals surface area contributed by atoms with E-state index in [0.717, 1.165) is 57.4 Å². The molecule has 28 heavy (non-hydrogen) atoms. The van der Waals surface area contributed by atoms with Gasteiger partial charge in [-0.15, -0.1) is 0 Å². The third-order valence-electron chi connectivity index (χ3n) is 6.10. The summed E-state index contributed by atoms with van der Waals surface area (Å²) in [7, 11) is 0. The van der Waals surface area contributed by atoms with Crippen LogP contribution in [-0.2, 0) is 16.1 Å². The van der Waals surface area contributed by atoms with Gasteiger partial charge in [0, 0.05) is 30.6 Å². The number of rotatable bonds is 5. The smallest absolute Gasteiger partial charge is 0.237 e. The topological polar surface area (TPSA) is 52.7 Å². The van der Waals surface area contributed by atoms with Crippen molar-refractivity contribution in [2.75, 3.05) is 26.2 Å². The van der Waals surface area contributed by atoms with Crippen molar-refractivity contribution in [1.29, 1.82) is 0 Å². The molecule has 2 aliphatic heterocycles. The molecule has 1 N–H and O–H groups in total. The summed E-state index contributed by atoms with van der Waals surface area (Å²) in [6.45, 7) is 5.91. The van der Waals surface area contributed by atoms with E-state index in [1.807, 2.05) is 31.2 Å². The maximum atomic E-state index is 12.8. The van der Waals surface area contributed by atoms with Crippen molar-refractivity contribution in [1.82, 2.24) is 15.1 Å². The first kappa shape index (κ1) is 21.1. The Bertz CT molecular complexity index is 648. The van der Waals surface area contributed by atoms with Crippen LogP contribution < -0.4 is 5.32 Å². The summed E-state index contributed by atoms with van der Waals surface area (Å²) in [5.41, 5.74) is 1.03. The van der Waals surface area contributed by atoms with E-state index >= 15 is 0 Å². The summed E-state index contributed by atoms with van der Waals surface area (Å²) in [5, 5.41) is 3.70. The van der Waals surface area contributed by atoms with Gasteiger partial charge in [-0.1, -0.05) is 36.6 Å². The molecular weight excluding hydrogens is 374 g/mol. The Kier molecular flexibility index (Phi) is 7.74. The molecule has 1 unspecified atom stereocenters. The Morgan fingerprint density at radius 2 is 1.64 bits per heavy atom. The Balaban J connectivity index is 1.43. The van der Waals surface area contributed by atoms with Crippen LogP contribution in [0.25, 0.3) is 0 Å². The van der Waals surface area contributed by atoms with Crippen molar-refractivity contribution in [2.24, 2.45) is 5.92 Å². The summed E-state index contributed by atoms with van der Waals surface area (Å²) in [5.74, 6) is 0.493. The van der Waals surface area contributed by atoms with Crippen molar-refractivity contribution in [2.45, 2.75) is 58.0 Å². The molecule has 0 radical (unpaired) electrons. The highest BCUT2D eigenvalue weighted by Gasteiger charge is 2.31. The molecule has 0 aromatic heterocycles. The molecule has 1 atom stereocenters. The molecule has 2 amide bonds. The first-order valence-corrected chi connectivity index (χ1v) is 11.0. The number of benzene rings is 1. The molecule has 0 saturated carbocycles. The number of nitrogens with one attached hydrogen (secondary N) is 1. The number of piperidine rings is 1. The Morgan fingerprint density at radius 1 is 1.04 bits per heavy atom. The summed E-state index contributed by atoms with van der Waals surface area (Å²) in [4.78, 5) is 29.6. The second-order valence-corrected chi connectivity index (χ2v) is 8.51. The molecule has 0 bridgehead atoms. The van der Waals surface area contributed by atoms with E-state index < -0.39 is 0 Å². The van der Waals surface area contributed by atoms with Crippen molar-refractivity contribution < 1.29 is 9.59 Å². The van der Waals surface area contributed by atoms with Gasteiger partial charge in [0.05, 0.1) is 6.04 Å². The first-order valence-electron chi connectivity index (χ1n) is 10.6. The van der Waals surface area contributed by atoms with Crippen LogP contribution in [0.5, 0.6) is 0 Å². The van der Waals surface area contributed by atoms with E-state index in [-0.39, 0.29) is 17.9 Å². The number of amides is 2. The summed E-state index contributed by atoms with van der Waals surface area (Å²) < 4.78 is 0. The third-order valence-corrected chi connectivity index (χ3v) is 6.36. The van der Waals surface area contributed by atoms with E-state index in [2.05, 4.69) is 15.1 Å². The molecule has 3 rings (SSSR count). The largest absolute Gasteiger partial charge is 0.351 e. The van der Waals surface area contributed by atoms with Crippen LogP contribution in [-0.4, -0.2) is 53.8 Å². The SMILES string of the molecule is CC(C(=O)NCc1ccc(Cl)cc1)N1CCC(C(=O)N2CCCCCC2)CC1. The molecule has 1 aromatic carbocycles. The second kappa shape index (κ2) is 10.3. The summed E-state index contributed by atoms with van der Waals surface area (Å²) in [6.07, 6.45) is 6.45. The fourth-order valence-electron chi connectivity index (χ4n) is 4.19. The minimum absolute atomic E-state index is 0.0345. The number of carbonyl (C=O) groups is 2. The number of halogens is 1. The Hall–Kier alpha value is -1.59. The van der Waals surface area contributed by atoms with Gasteiger partial charge in [-0.05, 0) is 63.4 Å². The molecule has 0 aliphatic carbocycles. The predicted octanol–water partition coefficient (Wildman–Crippen LogP) is 3.46. The summed E-state index contributed by atoms with van der Waals surface area (Å²) in [6, 6.07) is 7.33. The van der Waals surface area contributed by atoms with Crippen molar-refractivity contribution >= 4 is 23.4 Å². The fourth-order valence-corrected chi connectivity index (χ4v) is 4.31. The highest BCUT2D eigenvalue weighted by atomic mass is 35.5.